The molecule has 3 aromatic rings. The van der Waals surface area contributed by atoms with E-state index in [1.54, 1.807) is 6.07 Å². The number of nitrogens with two attached hydrogens (primary N) is 1. The third-order valence-corrected chi connectivity index (χ3v) is 6.07. The van der Waals surface area contributed by atoms with Crippen molar-refractivity contribution in [1.29, 1.82) is 0 Å². The number of benzene rings is 2. The molecule has 3 N–H and O–H groups in total. The lowest BCUT2D eigenvalue weighted by molar-refractivity contribution is 0.0996. The molecule has 3 heteroatoms. The molecule has 0 saturated heterocycles. The van der Waals surface area contributed by atoms with E-state index in [0.29, 0.717) is 5.69 Å². The van der Waals surface area contributed by atoms with Crippen LogP contribution in [0.4, 0.5) is 0 Å². The highest BCUT2D eigenvalue weighted by molar-refractivity contribution is 5.98. The number of aromatic amines is 1. The van der Waals surface area contributed by atoms with E-state index < -0.39 is 5.91 Å². The number of nitrogens with one attached hydrogen (secondary N) is 1. The Hall–Kier alpha value is -2.55. The van der Waals surface area contributed by atoms with Gasteiger partial charge in [0.15, 0.2) is 0 Å². The maximum atomic E-state index is 11.4. The fourth-order valence-corrected chi connectivity index (χ4v) is 4.21. The summed E-state index contributed by atoms with van der Waals surface area (Å²) >= 11 is 0. The zero-order valence-corrected chi connectivity index (χ0v) is 15.9. The molecule has 2 aromatic carbocycles. The summed E-state index contributed by atoms with van der Waals surface area (Å²) in [5.74, 6) is -0.430. The van der Waals surface area contributed by atoms with Gasteiger partial charge >= 0.3 is 0 Å². The van der Waals surface area contributed by atoms with Crippen LogP contribution in [0.3, 0.4) is 0 Å². The number of carbonyl (C=O) groups is 1. The summed E-state index contributed by atoms with van der Waals surface area (Å²) in [6.45, 7) is 9.38. The molecule has 0 bridgehead atoms. The van der Waals surface area contributed by atoms with Gasteiger partial charge in [-0.25, -0.2) is 0 Å². The van der Waals surface area contributed by atoms with Gasteiger partial charge in [-0.1, -0.05) is 58.0 Å². The van der Waals surface area contributed by atoms with Crippen molar-refractivity contribution in [3.63, 3.8) is 0 Å². The highest BCUT2D eigenvalue weighted by Gasteiger charge is 2.36. The highest BCUT2D eigenvalue weighted by atomic mass is 16.1. The first-order chi connectivity index (χ1) is 12.2. The lowest BCUT2D eigenvalue weighted by Crippen LogP contribution is -2.33. The molecule has 0 saturated carbocycles. The van der Waals surface area contributed by atoms with Crippen molar-refractivity contribution in [1.82, 2.24) is 4.98 Å². The quantitative estimate of drug-likeness (QED) is 0.651. The minimum atomic E-state index is -0.430. The average Bonchev–Trinajstić information content (AvgIpc) is 3.02. The van der Waals surface area contributed by atoms with Gasteiger partial charge < -0.3 is 10.7 Å². The molecular weight excluding hydrogens is 320 g/mol. The Morgan fingerprint density at radius 3 is 2.19 bits per heavy atom. The van der Waals surface area contributed by atoms with Gasteiger partial charge in [0, 0.05) is 10.9 Å². The van der Waals surface area contributed by atoms with Crippen LogP contribution in [0.1, 0.15) is 62.2 Å². The van der Waals surface area contributed by atoms with Gasteiger partial charge in [0.1, 0.15) is 5.69 Å². The standard InChI is InChI=1S/C23H26N2O/c1-22(2)9-10-23(3,4)18-11-14(7-8-17(18)22)15-5-6-16-13-20(21(24)26)25-19(16)12-15/h5-8,11-13,25H,9-10H2,1-4H3,(H2,24,26). The van der Waals surface area contributed by atoms with Crippen LogP contribution in [-0.4, -0.2) is 10.9 Å². The smallest absolute Gasteiger partial charge is 0.265 e. The second-order valence-electron chi connectivity index (χ2n) is 8.88. The number of primary amides is 1. The molecule has 4 rings (SSSR count). The summed E-state index contributed by atoms with van der Waals surface area (Å²) < 4.78 is 0. The van der Waals surface area contributed by atoms with Crippen LogP contribution in [0.15, 0.2) is 42.5 Å². The first kappa shape index (κ1) is 16.9. The third kappa shape index (κ3) is 2.63. The molecule has 0 unspecified atom stereocenters. The summed E-state index contributed by atoms with van der Waals surface area (Å²) in [5.41, 5.74) is 12.5. The lowest BCUT2D eigenvalue weighted by Gasteiger charge is -2.42. The van der Waals surface area contributed by atoms with E-state index in [4.69, 9.17) is 5.73 Å². The van der Waals surface area contributed by atoms with Crippen molar-refractivity contribution < 1.29 is 4.79 Å². The molecule has 0 spiro atoms. The van der Waals surface area contributed by atoms with Crippen LogP contribution in [0, 0.1) is 0 Å². The molecule has 3 nitrogen and oxygen atoms in total. The van der Waals surface area contributed by atoms with Crippen LogP contribution in [0.25, 0.3) is 22.0 Å². The second-order valence-corrected chi connectivity index (χ2v) is 8.88. The topological polar surface area (TPSA) is 58.9 Å². The Morgan fingerprint density at radius 1 is 0.885 bits per heavy atom. The molecule has 1 heterocycles. The largest absolute Gasteiger partial charge is 0.364 e. The van der Waals surface area contributed by atoms with E-state index >= 15 is 0 Å². The molecule has 0 radical (unpaired) electrons. The van der Waals surface area contributed by atoms with Crippen molar-refractivity contribution in [2.75, 3.05) is 0 Å². The Bertz CT molecular complexity index is 1020. The molecule has 1 amide bonds. The summed E-state index contributed by atoms with van der Waals surface area (Å²) in [5, 5.41) is 1.00. The lowest BCUT2D eigenvalue weighted by atomic mass is 9.63. The second kappa shape index (κ2) is 5.47. The minimum absolute atomic E-state index is 0.191. The fourth-order valence-electron chi connectivity index (χ4n) is 4.21. The monoisotopic (exact) mass is 346 g/mol. The number of aromatic nitrogens is 1. The van der Waals surface area contributed by atoms with E-state index in [1.165, 1.54) is 29.5 Å². The van der Waals surface area contributed by atoms with Crippen molar-refractivity contribution in [3.05, 3.63) is 59.3 Å². The third-order valence-electron chi connectivity index (χ3n) is 6.07. The first-order valence-electron chi connectivity index (χ1n) is 9.25. The van der Waals surface area contributed by atoms with E-state index in [-0.39, 0.29) is 10.8 Å². The van der Waals surface area contributed by atoms with Gasteiger partial charge in [-0.15, -0.1) is 0 Å². The molecule has 134 valence electrons. The predicted molar refractivity (Wildman–Crippen MR) is 108 cm³/mol. The van der Waals surface area contributed by atoms with Crippen LogP contribution in [-0.2, 0) is 10.8 Å². The maximum Gasteiger partial charge on any atom is 0.265 e. The summed E-state index contributed by atoms with van der Waals surface area (Å²) in [7, 11) is 0. The van der Waals surface area contributed by atoms with Crippen molar-refractivity contribution >= 4 is 16.8 Å². The maximum absolute atomic E-state index is 11.4. The minimum Gasteiger partial charge on any atom is -0.364 e. The van der Waals surface area contributed by atoms with Crippen LogP contribution in [0.2, 0.25) is 0 Å². The number of carbonyl (C=O) groups excluding carboxylic acids is 1. The molecule has 0 atom stereocenters. The van der Waals surface area contributed by atoms with Crippen molar-refractivity contribution in [3.8, 4) is 11.1 Å². The normalized spacial score (nSPS) is 17.8. The van der Waals surface area contributed by atoms with Gasteiger partial charge in [-0.2, -0.15) is 0 Å². The Morgan fingerprint density at radius 2 is 1.50 bits per heavy atom. The number of fused-ring (bicyclic) bond motifs is 2. The fraction of sp³-hybridized carbons (Fsp3) is 0.348. The zero-order chi connectivity index (χ0) is 18.7. The van der Waals surface area contributed by atoms with Crippen LogP contribution >= 0.6 is 0 Å². The van der Waals surface area contributed by atoms with Gasteiger partial charge in [0.2, 0.25) is 0 Å². The highest BCUT2D eigenvalue weighted by Crippen LogP contribution is 2.46. The summed E-state index contributed by atoms with van der Waals surface area (Å²) in [6, 6.07) is 15.0. The molecule has 1 aliphatic carbocycles. The first-order valence-corrected chi connectivity index (χ1v) is 9.25. The Kier molecular flexibility index (Phi) is 3.56. The summed E-state index contributed by atoms with van der Waals surface area (Å²) in [4.78, 5) is 14.5. The Labute approximate surface area is 154 Å². The van der Waals surface area contributed by atoms with Crippen LogP contribution in [0.5, 0.6) is 0 Å². The van der Waals surface area contributed by atoms with Gasteiger partial charge in [-0.3, -0.25) is 4.79 Å². The number of hydrogen-bond acceptors (Lipinski definition) is 1. The van der Waals surface area contributed by atoms with E-state index in [1.807, 2.05) is 6.07 Å². The van der Waals surface area contributed by atoms with Crippen LogP contribution < -0.4 is 5.73 Å². The number of rotatable bonds is 2. The number of amides is 1. The summed E-state index contributed by atoms with van der Waals surface area (Å²) in [6.07, 6.45) is 2.42. The zero-order valence-electron chi connectivity index (χ0n) is 15.9. The SMILES string of the molecule is CC1(C)CCC(C)(C)c2cc(-c3ccc4cc(C(N)=O)[nH]c4c3)ccc21. The van der Waals surface area contributed by atoms with E-state index in [9.17, 15) is 4.79 Å². The van der Waals surface area contributed by atoms with Gasteiger partial charge in [-0.05, 0) is 58.1 Å². The molecular formula is C23H26N2O. The molecule has 0 aliphatic heterocycles. The molecule has 1 aliphatic rings. The van der Waals surface area contributed by atoms with Gasteiger partial charge in [0.05, 0.1) is 0 Å². The molecule has 26 heavy (non-hydrogen) atoms. The average molecular weight is 346 g/mol. The predicted octanol–water partition coefficient (Wildman–Crippen LogP) is 5.28. The van der Waals surface area contributed by atoms with Crippen molar-refractivity contribution in [2.24, 2.45) is 5.73 Å². The van der Waals surface area contributed by atoms with Crippen molar-refractivity contribution in [2.45, 2.75) is 51.4 Å². The molecule has 1 aromatic heterocycles. The van der Waals surface area contributed by atoms with Gasteiger partial charge in [0.25, 0.3) is 5.91 Å². The Balaban J connectivity index is 1.84. The van der Waals surface area contributed by atoms with E-state index in [0.717, 1.165) is 16.5 Å². The van der Waals surface area contributed by atoms with E-state index in [2.05, 4.69) is 63.0 Å². The number of hydrogen-bond donors (Lipinski definition) is 2. The number of H-pyrrole nitrogens is 1. The molecule has 0 fully saturated rings.